The number of amides is 1. The molecule has 1 aliphatic carbocycles. The number of likely N-dealkylation sites (N-methyl/N-ethyl adjacent to an activating group) is 1. The number of nitrogens with one attached hydrogen (secondary N) is 1. The number of carbonyl (C=O) groups is 1. The highest BCUT2D eigenvalue weighted by molar-refractivity contribution is 5.85. The van der Waals surface area contributed by atoms with E-state index >= 15 is 0 Å². The average Bonchev–Trinajstić information content (AvgIpc) is 3.19. The molecule has 4 atom stereocenters. The number of halogens is 4. The molecule has 0 bridgehead atoms. The van der Waals surface area contributed by atoms with Gasteiger partial charge in [0.1, 0.15) is 11.9 Å². The van der Waals surface area contributed by atoms with Crippen molar-refractivity contribution >= 4 is 5.91 Å². The first kappa shape index (κ1) is 30.4. The van der Waals surface area contributed by atoms with Crippen molar-refractivity contribution in [2.45, 2.75) is 75.8 Å². The Morgan fingerprint density at radius 3 is 2.52 bits per heavy atom. The molecule has 0 radical (unpaired) electrons. The molecule has 1 saturated heterocycles. The molecule has 0 spiro atoms. The number of fused-ring (bicyclic) bond motifs is 1. The highest BCUT2D eigenvalue weighted by Crippen LogP contribution is 2.44. The van der Waals surface area contributed by atoms with Gasteiger partial charge in [-0.25, -0.2) is 4.39 Å². The fourth-order valence-corrected chi connectivity index (χ4v) is 5.13. The van der Waals surface area contributed by atoms with Gasteiger partial charge >= 0.3 is 6.18 Å². The summed E-state index contributed by atoms with van der Waals surface area (Å²) in [4.78, 5) is 15.6. The number of hydrogen-bond acceptors (Lipinski definition) is 6. The summed E-state index contributed by atoms with van der Waals surface area (Å²) in [6, 6.07) is 11.0. The SMILES string of the molecule is CN(C)CCNC(=O)[C@@]1(OCc2ccccc2F)C[C@@H](OCc2cccc(C(F)(F)F)c2)[C@@H]2OC(C)(C)O[C@@H]2C1. The molecule has 0 unspecified atom stereocenters. The van der Waals surface area contributed by atoms with Gasteiger partial charge in [-0.1, -0.05) is 30.3 Å². The Balaban J connectivity index is 1.60. The summed E-state index contributed by atoms with van der Waals surface area (Å²) >= 11 is 0. The van der Waals surface area contributed by atoms with Gasteiger partial charge in [0.15, 0.2) is 11.4 Å². The van der Waals surface area contributed by atoms with Crippen LogP contribution in [0.3, 0.4) is 0 Å². The van der Waals surface area contributed by atoms with Crippen LogP contribution in [0, 0.1) is 5.82 Å². The van der Waals surface area contributed by atoms with Crippen LogP contribution in [0.25, 0.3) is 0 Å². The Morgan fingerprint density at radius 1 is 1.07 bits per heavy atom. The van der Waals surface area contributed by atoms with Gasteiger partial charge in [-0.3, -0.25) is 4.79 Å². The molecule has 1 saturated carbocycles. The third-order valence-electron chi connectivity index (χ3n) is 7.09. The number of rotatable bonds is 10. The molecule has 40 heavy (non-hydrogen) atoms. The van der Waals surface area contributed by atoms with Crippen LogP contribution < -0.4 is 5.32 Å². The summed E-state index contributed by atoms with van der Waals surface area (Å²) in [6.45, 7) is 4.11. The molecule has 1 heterocycles. The molecule has 2 fully saturated rings. The number of alkyl halides is 3. The largest absolute Gasteiger partial charge is 0.416 e. The van der Waals surface area contributed by atoms with Crippen molar-refractivity contribution in [3.05, 3.63) is 71.0 Å². The van der Waals surface area contributed by atoms with Crippen LogP contribution in [0.15, 0.2) is 48.5 Å². The van der Waals surface area contributed by atoms with Crippen molar-refractivity contribution < 1.29 is 41.3 Å². The first-order chi connectivity index (χ1) is 18.8. The number of nitrogens with zero attached hydrogens (tertiary/aromatic N) is 1. The second-order valence-corrected chi connectivity index (χ2v) is 11.0. The van der Waals surface area contributed by atoms with E-state index in [1.807, 2.05) is 19.0 Å². The molecule has 0 aromatic heterocycles. The van der Waals surface area contributed by atoms with Crippen molar-refractivity contribution in [3.63, 3.8) is 0 Å². The summed E-state index contributed by atoms with van der Waals surface area (Å²) in [5.74, 6) is -1.83. The molecule has 1 N–H and O–H groups in total. The molecule has 1 amide bonds. The van der Waals surface area contributed by atoms with Crippen molar-refractivity contribution in [1.29, 1.82) is 0 Å². The average molecular weight is 569 g/mol. The quantitative estimate of drug-likeness (QED) is 0.420. The second-order valence-electron chi connectivity index (χ2n) is 11.0. The van der Waals surface area contributed by atoms with Gasteiger partial charge in [0.05, 0.1) is 31.0 Å². The first-order valence-electron chi connectivity index (χ1n) is 13.2. The third kappa shape index (κ3) is 7.38. The van der Waals surface area contributed by atoms with Crippen LogP contribution >= 0.6 is 0 Å². The van der Waals surface area contributed by atoms with Gasteiger partial charge in [0.25, 0.3) is 5.91 Å². The first-order valence-corrected chi connectivity index (χ1v) is 13.2. The fraction of sp³-hybridized carbons (Fsp3) is 0.552. The molecule has 4 rings (SSSR count). The minimum Gasteiger partial charge on any atom is -0.371 e. The van der Waals surface area contributed by atoms with E-state index in [9.17, 15) is 22.4 Å². The van der Waals surface area contributed by atoms with E-state index in [4.69, 9.17) is 18.9 Å². The molecule has 220 valence electrons. The number of carbonyl (C=O) groups excluding carboxylic acids is 1. The normalized spacial score (nSPS) is 26.1. The van der Waals surface area contributed by atoms with Crippen LogP contribution in [0.2, 0.25) is 0 Å². The van der Waals surface area contributed by atoms with Gasteiger partial charge in [0.2, 0.25) is 0 Å². The zero-order valence-corrected chi connectivity index (χ0v) is 23.1. The Kier molecular flexibility index (Phi) is 9.21. The van der Waals surface area contributed by atoms with Gasteiger partial charge in [-0.15, -0.1) is 0 Å². The minimum absolute atomic E-state index is 0.0365. The fourth-order valence-electron chi connectivity index (χ4n) is 5.13. The standard InChI is InChI=1S/C29H36F4N2O5/c1-27(2)39-24-16-28(26(36)34-12-13-35(3)4,38-18-20-9-5-6-11-22(20)30)15-23(25(24)40-27)37-17-19-8-7-10-21(14-19)29(31,32)33/h5-11,14,23-25H,12-13,15-18H2,1-4H3,(H,34,36)/t23-,24-,25+,28-/m1/s1. The molecular weight excluding hydrogens is 532 g/mol. The lowest BCUT2D eigenvalue weighted by Gasteiger charge is -2.43. The lowest BCUT2D eigenvalue weighted by Crippen LogP contribution is -2.60. The Bertz CT molecular complexity index is 1180. The smallest absolute Gasteiger partial charge is 0.371 e. The maximum atomic E-state index is 14.4. The zero-order valence-electron chi connectivity index (χ0n) is 23.1. The van der Waals surface area contributed by atoms with E-state index in [-0.39, 0.29) is 31.6 Å². The van der Waals surface area contributed by atoms with Gasteiger partial charge in [0, 0.05) is 31.5 Å². The minimum atomic E-state index is -4.49. The lowest BCUT2D eigenvalue weighted by molar-refractivity contribution is -0.183. The predicted octanol–water partition coefficient (Wildman–Crippen LogP) is 4.68. The molecule has 1 aliphatic heterocycles. The molecule has 2 aliphatic rings. The summed E-state index contributed by atoms with van der Waals surface area (Å²) in [7, 11) is 3.76. The van der Waals surface area contributed by atoms with Crippen LogP contribution in [0.5, 0.6) is 0 Å². The Hall–Kier alpha value is -2.57. The number of ether oxygens (including phenoxy) is 4. The van der Waals surface area contributed by atoms with E-state index in [0.29, 0.717) is 18.7 Å². The topological polar surface area (TPSA) is 69.3 Å². The number of benzene rings is 2. The summed E-state index contributed by atoms with van der Waals surface area (Å²) < 4.78 is 78.8. The summed E-state index contributed by atoms with van der Waals surface area (Å²) in [6.07, 6.45) is -6.26. The van der Waals surface area contributed by atoms with Crippen molar-refractivity contribution in [1.82, 2.24) is 10.2 Å². The molecule has 7 nitrogen and oxygen atoms in total. The maximum Gasteiger partial charge on any atom is 0.416 e. The Morgan fingerprint density at radius 2 is 1.82 bits per heavy atom. The van der Waals surface area contributed by atoms with E-state index in [2.05, 4.69) is 5.32 Å². The molecule has 11 heteroatoms. The van der Waals surface area contributed by atoms with Crippen molar-refractivity contribution in [2.75, 3.05) is 27.2 Å². The van der Waals surface area contributed by atoms with Crippen LogP contribution in [-0.4, -0.2) is 67.7 Å². The van der Waals surface area contributed by atoms with E-state index in [0.717, 1.165) is 12.1 Å². The van der Waals surface area contributed by atoms with Gasteiger partial charge in [-0.2, -0.15) is 13.2 Å². The van der Waals surface area contributed by atoms with Gasteiger partial charge in [-0.05, 0) is 51.7 Å². The predicted molar refractivity (Wildman–Crippen MR) is 139 cm³/mol. The third-order valence-corrected chi connectivity index (χ3v) is 7.09. The van der Waals surface area contributed by atoms with E-state index < -0.39 is 53.2 Å². The number of hydrogen-bond donors (Lipinski definition) is 1. The van der Waals surface area contributed by atoms with Crippen LogP contribution in [-0.2, 0) is 43.1 Å². The van der Waals surface area contributed by atoms with E-state index in [1.54, 1.807) is 38.1 Å². The molecular formula is C29H36F4N2O5. The summed E-state index contributed by atoms with van der Waals surface area (Å²) in [5, 5.41) is 2.92. The molecule has 2 aromatic carbocycles. The van der Waals surface area contributed by atoms with E-state index in [1.165, 1.54) is 12.1 Å². The van der Waals surface area contributed by atoms with Gasteiger partial charge < -0.3 is 29.2 Å². The lowest BCUT2D eigenvalue weighted by atomic mass is 9.78. The van der Waals surface area contributed by atoms with Crippen molar-refractivity contribution in [2.24, 2.45) is 0 Å². The van der Waals surface area contributed by atoms with Crippen LogP contribution in [0.1, 0.15) is 43.4 Å². The second kappa shape index (κ2) is 12.1. The Labute approximate surface area is 231 Å². The monoisotopic (exact) mass is 568 g/mol. The van der Waals surface area contributed by atoms with Crippen molar-refractivity contribution in [3.8, 4) is 0 Å². The maximum absolute atomic E-state index is 14.4. The molecule has 2 aromatic rings. The summed E-state index contributed by atoms with van der Waals surface area (Å²) in [5.41, 5.74) is -1.63. The highest BCUT2D eigenvalue weighted by atomic mass is 19.4. The zero-order chi connectivity index (χ0) is 29.1. The highest BCUT2D eigenvalue weighted by Gasteiger charge is 2.58. The van der Waals surface area contributed by atoms with Crippen LogP contribution in [0.4, 0.5) is 17.6 Å².